The Morgan fingerprint density at radius 1 is 1.23 bits per heavy atom. The van der Waals surface area contributed by atoms with E-state index in [2.05, 4.69) is 21.0 Å². The van der Waals surface area contributed by atoms with Crippen LogP contribution >= 0.6 is 22.9 Å². The van der Waals surface area contributed by atoms with Gasteiger partial charge in [0.2, 0.25) is 5.28 Å². The zero-order chi connectivity index (χ0) is 15.5. The molecule has 2 aromatic heterocycles. The highest BCUT2D eigenvalue weighted by atomic mass is 35.5. The van der Waals surface area contributed by atoms with Gasteiger partial charge in [-0.3, -0.25) is 0 Å². The van der Waals surface area contributed by atoms with Crippen molar-refractivity contribution in [3.8, 4) is 17.3 Å². The molecule has 22 heavy (non-hydrogen) atoms. The average molecular weight is 327 g/mol. The third-order valence-corrected chi connectivity index (χ3v) is 4.31. The van der Waals surface area contributed by atoms with Crippen molar-refractivity contribution < 1.29 is 0 Å². The van der Waals surface area contributed by atoms with E-state index in [1.54, 1.807) is 6.20 Å². The zero-order valence-electron chi connectivity index (χ0n) is 11.7. The summed E-state index contributed by atoms with van der Waals surface area (Å²) in [6, 6.07) is 12.1. The molecule has 3 aromatic rings. The highest BCUT2D eigenvalue weighted by Crippen LogP contribution is 2.31. The van der Waals surface area contributed by atoms with Crippen molar-refractivity contribution in [1.29, 1.82) is 5.26 Å². The van der Waals surface area contributed by atoms with Crippen molar-refractivity contribution in [2.45, 2.75) is 12.8 Å². The summed E-state index contributed by atoms with van der Waals surface area (Å²) in [5.74, 6) is -0.539. The second-order valence-corrected chi connectivity index (χ2v) is 5.93. The van der Waals surface area contributed by atoms with E-state index in [1.165, 1.54) is 11.3 Å². The van der Waals surface area contributed by atoms with Gasteiger partial charge in [-0.15, -0.1) is 11.3 Å². The molecule has 2 heterocycles. The van der Waals surface area contributed by atoms with Crippen molar-refractivity contribution in [3.63, 3.8) is 0 Å². The molecule has 0 aliphatic heterocycles. The molecule has 0 amide bonds. The van der Waals surface area contributed by atoms with E-state index in [0.717, 1.165) is 16.8 Å². The number of nitriles is 1. The number of aryl methyl sites for hydroxylation is 1. The van der Waals surface area contributed by atoms with Crippen molar-refractivity contribution >= 4 is 22.9 Å². The highest BCUT2D eigenvalue weighted by molar-refractivity contribution is 7.10. The zero-order valence-corrected chi connectivity index (χ0v) is 13.3. The van der Waals surface area contributed by atoms with Gasteiger partial charge in [0.15, 0.2) is 0 Å². The van der Waals surface area contributed by atoms with E-state index in [1.807, 2.05) is 42.6 Å². The molecule has 0 saturated heterocycles. The molecule has 0 aliphatic rings. The van der Waals surface area contributed by atoms with Crippen molar-refractivity contribution in [2.75, 3.05) is 0 Å². The molecule has 0 bridgehead atoms. The van der Waals surface area contributed by atoms with Gasteiger partial charge in [-0.2, -0.15) is 5.26 Å². The fourth-order valence-corrected chi connectivity index (χ4v) is 3.13. The van der Waals surface area contributed by atoms with Crippen LogP contribution in [0.3, 0.4) is 0 Å². The Labute approximate surface area is 137 Å². The minimum absolute atomic E-state index is 0.140. The second-order valence-electron chi connectivity index (χ2n) is 4.71. The Hall–Kier alpha value is -2.29. The number of rotatable bonds is 3. The van der Waals surface area contributed by atoms with E-state index >= 15 is 0 Å². The molecule has 3 rings (SSSR count). The molecule has 0 spiro atoms. The summed E-state index contributed by atoms with van der Waals surface area (Å²) in [6.07, 6.45) is 1.63. The first-order valence-corrected chi connectivity index (χ1v) is 7.84. The van der Waals surface area contributed by atoms with Gasteiger partial charge < -0.3 is 0 Å². The molecule has 0 aliphatic carbocycles. The van der Waals surface area contributed by atoms with E-state index < -0.39 is 5.92 Å². The first-order valence-electron chi connectivity index (χ1n) is 6.58. The predicted octanol–water partition coefficient (Wildman–Crippen LogP) is 4.22. The quantitative estimate of drug-likeness (QED) is 0.676. The predicted molar refractivity (Wildman–Crippen MR) is 86.8 cm³/mol. The van der Waals surface area contributed by atoms with E-state index in [9.17, 15) is 5.26 Å². The number of thiazole rings is 1. The monoisotopic (exact) mass is 326 g/mol. The first-order chi connectivity index (χ1) is 10.7. The van der Waals surface area contributed by atoms with Crippen molar-refractivity contribution in [1.82, 2.24) is 15.0 Å². The van der Waals surface area contributed by atoms with Crippen LogP contribution in [0.1, 0.15) is 22.2 Å². The van der Waals surface area contributed by atoms with Crippen molar-refractivity contribution in [2.24, 2.45) is 0 Å². The van der Waals surface area contributed by atoms with Gasteiger partial charge in [0, 0.05) is 17.1 Å². The maximum absolute atomic E-state index is 9.54. The molecule has 0 fully saturated rings. The van der Waals surface area contributed by atoms with Crippen LogP contribution in [-0.4, -0.2) is 15.0 Å². The van der Waals surface area contributed by atoms with Crippen LogP contribution in [0.5, 0.6) is 0 Å². The van der Waals surface area contributed by atoms with Gasteiger partial charge in [-0.05, 0) is 24.1 Å². The van der Waals surface area contributed by atoms with E-state index in [-0.39, 0.29) is 5.28 Å². The minimum Gasteiger partial charge on any atom is -0.239 e. The number of hydrogen-bond donors (Lipinski definition) is 0. The molecule has 6 heteroatoms. The smallest absolute Gasteiger partial charge is 0.222 e. The summed E-state index contributed by atoms with van der Waals surface area (Å²) in [4.78, 5) is 12.7. The lowest BCUT2D eigenvalue weighted by atomic mass is 10.0. The number of hydrogen-bond acceptors (Lipinski definition) is 5. The summed E-state index contributed by atoms with van der Waals surface area (Å²) in [5, 5.41) is 12.3. The van der Waals surface area contributed by atoms with Gasteiger partial charge in [0.25, 0.3) is 0 Å². The molecule has 1 atom stereocenters. The molecule has 1 aromatic carbocycles. The van der Waals surface area contributed by atoms with Crippen molar-refractivity contribution in [3.05, 3.63) is 63.5 Å². The molecule has 0 N–H and O–H groups in total. The number of nitrogens with zero attached hydrogens (tertiary/aromatic N) is 4. The van der Waals surface area contributed by atoms with E-state index in [0.29, 0.717) is 10.7 Å². The van der Waals surface area contributed by atoms with Gasteiger partial charge in [-0.1, -0.05) is 30.3 Å². The van der Waals surface area contributed by atoms with Crippen LogP contribution < -0.4 is 0 Å². The Kier molecular flexibility index (Phi) is 4.14. The van der Waals surface area contributed by atoms with Crippen LogP contribution in [0.2, 0.25) is 5.28 Å². The van der Waals surface area contributed by atoms with Gasteiger partial charge in [0.1, 0.15) is 10.9 Å². The van der Waals surface area contributed by atoms with Crippen LogP contribution in [0, 0.1) is 18.3 Å². The van der Waals surface area contributed by atoms with Crippen LogP contribution in [0.25, 0.3) is 11.3 Å². The largest absolute Gasteiger partial charge is 0.239 e. The minimum atomic E-state index is -0.539. The summed E-state index contributed by atoms with van der Waals surface area (Å²) >= 11 is 7.31. The van der Waals surface area contributed by atoms with Gasteiger partial charge in [0.05, 0.1) is 17.5 Å². The van der Waals surface area contributed by atoms with E-state index in [4.69, 9.17) is 11.6 Å². The molecule has 4 nitrogen and oxygen atoms in total. The summed E-state index contributed by atoms with van der Waals surface area (Å²) in [5.41, 5.74) is 3.32. The Morgan fingerprint density at radius 2 is 2.00 bits per heavy atom. The van der Waals surface area contributed by atoms with Crippen LogP contribution in [0.15, 0.2) is 41.9 Å². The Morgan fingerprint density at radius 3 is 2.73 bits per heavy atom. The molecular weight excluding hydrogens is 316 g/mol. The number of benzene rings is 1. The van der Waals surface area contributed by atoms with Crippen LogP contribution in [-0.2, 0) is 0 Å². The topological polar surface area (TPSA) is 62.5 Å². The summed E-state index contributed by atoms with van der Waals surface area (Å²) in [6.45, 7) is 1.86. The lowest BCUT2D eigenvalue weighted by Gasteiger charge is -2.08. The lowest BCUT2D eigenvalue weighted by Crippen LogP contribution is -2.04. The average Bonchev–Trinajstić information content (AvgIpc) is 3.02. The molecule has 108 valence electrons. The summed E-state index contributed by atoms with van der Waals surface area (Å²) < 4.78 is 0. The normalized spacial score (nSPS) is 11.9. The van der Waals surface area contributed by atoms with Gasteiger partial charge in [-0.25, -0.2) is 15.0 Å². The Bertz CT molecular complexity index is 839. The number of aromatic nitrogens is 3. The standard InChI is InChI=1S/C16H11ClN4S/c1-10-8-19-16(17)21-14(10)12(7-18)15-20-13(9-22-15)11-5-3-2-4-6-11/h2-6,8-9,12H,1H3. The summed E-state index contributed by atoms with van der Waals surface area (Å²) in [7, 11) is 0. The molecular formula is C16H11ClN4S. The second kappa shape index (κ2) is 6.22. The third-order valence-electron chi connectivity index (χ3n) is 3.22. The van der Waals surface area contributed by atoms with Crippen LogP contribution in [0.4, 0.5) is 0 Å². The maximum Gasteiger partial charge on any atom is 0.222 e. The third kappa shape index (κ3) is 2.84. The molecule has 0 saturated carbocycles. The number of halogens is 1. The van der Waals surface area contributed by atoms with Gasteiger partial charge >= 0.3 is 0 Å². The first kappa shape index (κ1) is 14.6. The fourth-order valence-electron chi connectivity index (χ4n) is 2.12. The molecule has 1 unspecified atom stereocenters. The fraction of sp³-hybridized carbons (Fsp3) is 0.125. The maximum atomic E-state index is 9.54. The SMILES string of the molecule is Cc1cnc(Cl)nc1C(C#N)c1nc(-c2ccccc2)cs1. The lowest BCUT2D eigenvalue weighted by molar-refractivity contribution is 0.911. The highest BCUT2D eigenvalue weighted by Gasteiger charge is 2.22. The molecule has 0 radical (unpaired) electrons. The Balaban J connectivity index is 2.01.